The van der Waals surface area contributed by atoms with Crippen LogP contribution in [0.3, 0.4) is 0 Å². The van der Waals surface area contributed by atoms with Crippen LogP contribution in [0, 0.1) is 5.41 Å². The van der Waals surface area contributed by atoms with Crippen LogP contribution in [0.2, 0.25) is 0 Å². The first-order chi connectivity index (χ1) is 11.0. The monoisotopic (exact) mass is 451 g/mol. The molecule has 140 valence electrons. The lowest BCUT2D eigenvalue weighted by molar-refractivity contribution is -0.128. The molecule has 1 saturated heterocycles. The molecule has 0 radical (unpaired) electrons. The standard InChI is InChI=1S/C17H33N5O.HI/c1-5-19-15(23)17(2,3)12-20-16(18-4)21-13-8-10-22(11-9-13)14-6-7-14;/h13-14H,5-12H2,1-4H3,(H,19,23)(H2,18,20,21);1H. The second kappa shape index (κ2) is 9.79. The van der Waals surface area contributed by atoms with E-state index in [9.17, 15) is 4.79 Å². The molecule has 2 rings (SSSR count). The minimum atomic E-state index is -0.455. The predicted molar refractivity (Wildman–Crippen MR) is 110 cm³/mol. The van der Waals surface area contributed by atoms with E-state index in [4.69, 9.17) is 0 Å². The molecule has 0 atom stereocenters. The highest BCUT2D eigenvalue weighted by molar-refractivity contribution is 14.0. The molecule has 0 aromatic carbocycles. The Balaban J connectivity index is 0.00000288. The number of guanidine groups is 1. The van der Waals surface area contributed by atoms with Gasteiger partial charge in [0.15, 0.2) is 5.96 Å². The van der Waals surface area contributed by atoms with Gasteiger partial charge in [0.1, 0.15) is 0 Å². The molecular weight excluding hydrogens is 417 g/mol. The number of amides is 1. The maximum absolute atomic E-state index is 12.0. The molecule has 24 heavy (non-hydrogen) atoms. The van der Waals surface area contributed by atoms with E-state index >= 15 is 0 Å². The van der Waals surface area contributed by atoms with Gasteiger partial charge in [-0.15, -0.1) is 24.0 Å². The Morgan fingerprint density at radius 1 is 1.17 bits per heavy atom. The third-order valence-electron chi connectivity index (χ3n) is 4.81. The number of nitrogens with one attached hydrogen (secondary N) is 3. The van der Waals surface area contributed by atoms with Gasteiger partial charge in [0.2, 0.25) is 5.91 Å². The molecule has 6 nitrogen and oxygen atoms in total. The van der Waals surface area contributed by atoms with Crippen LogP contribution < -0.4 is 16.0 Å². The van der Waals surface area contributed by atoms with Crippen molar-refractivity contribution in [2.24, 2.45) is 10.4 Å². The van der Waals surface area contributed by atoms with Gasteiger partial charge >= 0.3 is 0 Å². The number of nitrogens with zero attached hydrogens (tertiary/aromatic N) is 2. The van der Waals surface area contributed by atoms with Crippen LogP contribution in [0.15, 0.2) is 4.99 Å². The van der Waals surface area contributed by atoms with Crippen molar-refractivity contribution >= 4 is 35.8 Å². The number of piperidine rings is 1. The van der Waals surface area contributed by atoms with Crippen molar-refractivity contribution in [3.05, 3.63) is 0 Å². The zero-order valence-corrected chi connectivity index (χ0v) is 17.9. The second-order valence-electron chi connectivity index (χ2n) is 7.35. The molecule has 0 aromatic heterocycles. The zero-order chi connectivity index (χ0) is 16.9. The van der Waals surface area contributed by atoms with Crippen molar-refractivity contribution in [1.82, 2.24) is 20.9 Å². The van der Waals surface area contributed by atoms with Gasteiger partial charge in [-0.25, -0.2) is 0 Å². The molecule has 2 aliphatic rings. The van der Waals surface area contributed by atoms with E-state index < -0.39 is 5.41 Å². The highest BCUT2D eigenvalue weighted by Crippen LogP contribution is 2.29. The Kier molecular flexibility index (Phi) is 8.76. The molecule has 1 heterocycles. The van der Waals surface area contributed by atoms with Crippen LogP contribution in [0.25, 0.3) is 0 Å². The lowest BCUT2D eigenvalue weighted by atomic mass is 9.92. The lowest BCUT2D eigenvalue weighted by Gasteiger charge is -2.33. The summed E-state index contributed by atoms with van der Waals surface area (Å²) in [5, 5.41) is 9.70. The number of carbonyl (C=O) groups excluding carboxylic acids is 1. The Hall–Kier alpha value is -0.570. The summed E-state index contributed by atoms with van der Waals surface area (Å²) in [6.45, 7) is 9.44. The second-order valence-corrected chi connectivity index (χ2v) is 7.35. The summed E-state index contributed by atoms with van der Waals surface area (Å²) in [5.74, 6) is 0.868. The van der Waals surface area contributed by atoms with Crippen LogP contribution in [-0.2, 0) is 4.79 Å². The molecule has 1 amide bonds. The predicted octanol–water partition coefficient (Wildman–Crippen LogP) is 1.56. The summed E-state index contributed by atoms with van der Waals surface area (Å²) < 4.78 is 0. The van der Waals surface area contributed by atoms with E-state index in [2.05, 4.69) is 25.8 Å². The van der Waals surface area contributed by atoms with E-state index in [0.29, 0.717) is 19.1 Å². The first kappa shape index (κ1) is 21.5. The molecule has 2 fully saturated rings. The van der Waals surface area contributed by atoms with Crippen molar-refractivity contribution in [2.45, 2.75) is 58.5 Å². The van der Waals surface area contributed by atoms with Crippen molar-refractivity contribution in [3.63, 3.8) is 0 Å². The Morgan fingerprint density at radius 2 is 1.79 bits per heavy atom. The van der Waals surface area contributed by atoms with Crippen LogP contribution in [0.4, 0.5) is 0 Å². The topological polar surface area (TPSA) is 68.8 Å². The molecule has 1 aliphatic carbocycles. The van der Waals surface area contributed by atoms with E-state index in [1.165, 1.54) is 25.9 Å². The Labute approximate surface area is 163 Å². The summed E-state index contributed by atoms with van der Waals surface area (Å²) >= 11 is 0. The van der Waals surface area contributed by atoms with Crippen molar-refractivity contribution in [2.75, 3.05) is 33.2 Å². The third-order valence-corrected chi connectivity index (χ3v) is 4.81. The summed E-state index contributed by atoms with van der Waals surface area (Å²) in [4.78, 5) is 19.0. The maximum atomic E-state index is 12.0. The number of halogens is 1. The van der Waals surface area contributed by atoms with Gasteiger partial charge in [-0.05, 0) is 46.5 Å². The van der Waals surface area contributed by atoms with Crippen LogP contribution in [-0.4, -0.2) is 62.1 Å². The maximum Gasteiger partial charge on any atom is 0.227 e. The van der Waals surface area contributed by atoms with Crippen molar-refractivity contribution < 1.29 is 4.79 Å². The molecule has 1 saturated carbocycles. The van der Waals surface area contributed by atoms with Crippen molar-refractivity contribution in [3.8, 4) is 0 Å². The SMILES string of the molecule is CCNC(=O)C(C)(C)CNC(=NC)NC1CCN(C2CC2)CC1.I. The number of hydrogen-bond donors (Lipinski definition) is 3. The number of rotatable bonds is 6. The van der Waals surface area contributed by atoms with Gasteiger partial charge in [-0.3, -0.25) is 9.79 Å². The Morgan fingerprint density at radius 3 is 2.29 bits per heavy atom. The van der Waals surface area contributed by atoms with Gasteiger partial charge in [0, 0.05) is 45.3 Å². The first-order valence-corrected chi connectivity index (χ1v) is 8.96. The highest BCUT2D eigenvalue weighted by Gasteiger charge is 2.32. The minimum absolute atomic E-state index is 0. The van der Waals surface area contributed by atoms with Crippen molar-refractivity contribution in [1.29, 1.82) is 0 Å². The third kappa shape index (κ3) is 6.38. The summed E-state index contributed by atoms with van der Waals surface area (Å²) in [6.07, 6.45) is 5.10. The summed E-state index contributed by atoms with van der Waals surface area (Å²) in [6, 6.07) is 1.34. The quantitative estimate of drug-likeness (QED) is 0.326. The molecule has 0 unspecified atom stereocenters. The number of carbonyl (C=O) groups is 1. The molecule has 1 aliphatic heterocycles. The first-order valence-electron chi connectivity index (χ1n) is 8.96. The van der Waals surface area contributed by atoms with Crippen LogP contribution in [0.5, 0.6) is 0 Å². The number of likely N-dealkylation sites (tertiary alicyclic amines) is 1. The van der Waals surface area contributed by atoms with Crippen LogP contribution >= 0.6 is 24.0 Å². The van der Waals surface area contributed by atoms with E-state index in [1.54, 1.807) is 7.05 Å². The normalized spacial score (nSPS) is 20.2. The van der Waals surface area contributed by atoms with Crippen LogP contribution in [0.1, 0.15) is 46.5 Å². The fraction of sp³-hybridized carbons (Fsp3) is 0.882. The minimum Gasteiger partial charge on any atom is -0.356 e. The van der Waals surface area contributed by atoms with E-state index in [0.717, 1.165) is 24.8 Å². The average Bonchev–Trinajstić information content (AvgIpc) is 3.37. The van der Waals surface area contributed by atoms with E-state index in [1.807, 2.05) is 20.8 Å². The highest BCUT2D eigenvalue weighted by atomic mass is 127. The molecule has 3 N–H and O–H groups in total. The summed E-state index contributed by atoms with van der Waals surface area (Å²) in [7, 11) is 1.79. The van der Waals surface area contributed by atoms with E-state index in [-0.39, 0.29) is 29.9 Å². The molecule has 7 heteroatoms. The zero-order valence-electron chi connectivity index (χ0n) is 15.5. The molecule has 0 bridgehead atoms. The van der Waals surface area contributed by atoms with Gasteiger partial charge in [0.25, 0.3) is 0 Å². The molecule has 0 spiro atoms. The number of aliphatic imine (C=N–C) groups is 1. The smallest absolute Gasteiger partial charge is 0.227 e. The largest absolute Gasteiger partial charge is 0.356 e. The molecular formula is C17H34IN5O. The fourth-order valence-corrected chi connectivity index (χ4v) is 3.02. The lowest BCUT2D eigenvalue weighted by Crippen LogP contribution is -2.52. The van der Waals surface area contributed by atoms with Gasteiger partial charge in [-0.2, -0.15) is 0 Å². The van der Waals surface area contributed by atoms with Gasteiger partial charge in [-0.1, -0.05) is 0 Å². The fourth-order valence-electron chi connectivity index (χ4n) is 3.02. The number of hydrogen-bond acceptors (Lipinski definition) is 3. The van der Waals surface area contributed by atoms with Gasteiger partial charge < -0.3 is 20.9 Å². The molecule has 0 aromatic rings. The summed E-state index contributed by atoms with van der Waals surface area (Å²) in [5.41, 5.74) is -0.455. The Bertz CT molecular complexity index is 429. The average molecular weight is 451 g/mol. The van der Waals surface area contributed by atoms with Gasteiger partial charge in [0.05, 0.1) is 5.41 Å².